The highest BCUT2D eigenvalue weighted by molar-refractivity contribution is 7.91. The highest BCUT2D eigenvalue weighted by atomic mass is 32.2. The van der Waals surface area contributed by atoms with Gasteiger partial charge in [-0.2, -0.15) is 13.1 Å². The summed E-state index contributed by atoms with van der Waals surface area (Å²) < 4.78 is 40.8. The predicted molar refractivity (Wildman–Crippen MR) is 117 cm³/mol. The van der Waals surface area contributed by atoms with E-state index in [4.69, 9.17) is 4.42 Å². The Bertz CT molecular complexity index is 1110. The van der Waals surface area contributed by atoms with E-state index in [1.165, 1.54) is 4.31 Å². The number of nitrogens with one attached hydrogen (secondary N) is 2. The van der Waals surface area contributed by atoms with Crippen LogP contribution in [0.4, 0.5) is 17.3 Å². The van der Waals surface area contributed by atoms with E-state index in [0.717, 1.165) is 47.2 Å². The summed E-state index contributed by atoms with van der Waals surface area (Å²) in [6, 6.07) is 1.99. The molecule has 1 aliphatic rings. The van der Waals surface area contributed by atoms with Gasteiger partial charge in [0.1, 0.15) is 5.76 Å². The molecular weight excluding hydrogens is 446 g/mol. The van der Waals surface area contributed by atoms with Crippen LogP contribution in [0.25, 0.3) is 0 Å². The molecule has 1 saturated heterocycles. The summed E-state index contributed by atoms with van der Waals surface area (Å²) in [6.45, 7) is 5.59. The number of furan rings is 1. The highest BCUT2D eigenvalue weighted by Crippen LogP contribution is 2.41. The van der Waals surface area contributed by atoms with Crippen molar-refractivity contribution in [3.8, 4) is 5.75 Å². The first-order valence-corrected chi connectivity index (χ1v) is 12.6. The van der Waals surface area contributed by atoms with Crippen LogP contribution in [0.5, 0.6) is 5.75 Å². The lowest BCUT2D eigenvalue weighted by Gasteiger charge is -2.14. The van der Waals surface area contributed by atoms with Crippen LogP contribution in [-0.2, 0) is 16.6 Å². The van der Waals surface area contributed by atoms with E-state index in [0.29, 0.717) is 37.2 Å². The molecule has 162 valence electrons. The molecule has 3 aromatic heterocycles. The minimum Gasteiger partial charge on any atom is -0.504 e. The van der Waals surface area contributed by atoms with E-state index < -0.39 is 10.0 Å². The molecule has 3 N–H and O–H groups in total. The van der Waals surface area contributed by atoms with Crippen molar-refractivity contribution in [2.75, 3.05) is 23.7 Å². The lowest BCUT2D eigenvalue weighted by atomic mass is 10.1. The monoisotopic (exact) mass is 469 g/mol. The average molecular weight is 470 g/mol. The molecule has 0 amide bonds. The van der Waals surface area contributed by atoms with E-state index in [1.807, 2.05) is 6.07 Å². The first-order chi connectivity index (χ1) is 14.4. The number of rotatable bonds is 8. The minimum atomic E-state index is -3.69. The van der Waals surface area contributed by atoms with Gasteiger partial charge in [0.05, 0.1) is 30.2 Å². The zero-order valence-corrected chi connectivity index (χ0v) is 19.0. The van der Waals surface area contributed by atoms with Gasteiger partial charge >= 0.3 is 0 Å². The normalized spacial score (nSPS) is 15.2. The summed E-state index contributed by atoms with van der Waals surface area (Å²) in [5, 5.41) is 18.3. The molecule has 0 unspecified atom stereocenters. The Kier molecular flexibility index (Phi) is 6.00. The van der Waals surface area contributed by atoms with Gasteiger partial charge in [0.2, 0.25) is 0 Å². The Hall–Kier alpha value is -2.15. The summed E-state index contributed by atoms with van der Waals surface area (Å²) in [6.07, 6.45) is 3.42. The summed E-state index contributed by atoms with van der Waals surface area (Å²) in [5.41, 5.74) is 1.41. The molecule has 1 aliphatic heterocycles. The number of thiophene rings is 1. The molecule has 4 heterocycles. The number of aromatic hydroxyl groups is 1. The van der Waals surface area contributed by atoms with Gasteiger partial charge in [0.15, 0.2) is 21.6 Å². The second-order valence-electron chi connectivity index (χ2n) is 7.34. The number of nitrogens with zero attached hydrogens (tertiary/aromatic N) is 3. The van der Waals surface area contributed by atoms with Crippen LogP contribution in [0.3, 0.4) is 0 Å². The van der Waals surface area contributed by atoms with Crippen molar-refractivity contribution in [3.05, 3.63) is 29.0 Å². The van der Waals surface area contributed by atoms with E-state index >= 15 is 0 Å². The highest BCUT2D eigenvalue weighted by Gasteiger charge is 2.32. The minimum absolute atomic E-state index is 0.0543. The Morgan fingerprint density at radius 1 is 1.27 bits per heavy atom. The van der Waals surface area contributed by atoms with E-state index in [-0.39, 0.29) is 15.6 Å². The molecular formula is C18H23N5O4S3. The maximum absolute atomic E-state index is 12.7. The molecule has 4 rings (SSSR count). The van der Waals surface area contributed by atoms with Gasteiger partial charge in [0, 0.05) is 18.5 Å². The third kappa shape index (κ3) is 4.17. The number of anilines is 3. The van der Waals surface area contributed by atoms with Gasteiger partial charge in [-0.15, -0.1) is 11.3 Å². The van der Waals surface area contributed by atoms with E-state index in [2.05, 4.69) is 33.2 Å². The van der Waals surface area contributed by atoms with Crippen LogP contribution in [0, 0.1) is 0 Å². The van der Waals surface area contributed by atoms with Gasteiger partial charge in [-0.1, -0.05) is 13.8 Å². The van der Waals surface area contributed by atoms with Crippen molar-refractivity contribution >= 4 is 50.4 Å². The van der Waals surface area contributed by atoms with Gasteiger partial charge in [0.25, 0.3) is 10.0 Å². The van der Waals surface area contributed by atoms with Gasteiger partial charge in [-0.3, -0.25) is 0 Å². The molecule has 1 fully saturated rings. The fourth-order valence-corrected chi connectivity index (χ4v) is 6.51. The van der Waals surface area contributed by atoms with Gasteiger partial charge < -0.3 is 20.2 Å². The number of hydrogen-bond donors (Lipinski definition) is 3. The SMILES string of the molecule is CC(C)c1coc(CNc2nsnc2Nc2csc(S(=O)(=O)N3CCCC3)c2O)c1. The Labute approximate surface area is 183 Å². The average Bonchev–Trinajstić information content (AvgIpc) is 3.49. The van der Waals surface area contributed by atoms with E-state index in [9.17, 15) is 13.5 Å². The third-order valence-corrected chi connectivity index (χ3v) is 8.80. The summed E-state index contributed by atoms with van der Waals surface area (Å²) in [7, 11) is -3.69. The molecule has 3 aromatic rings. The molecule has 12 heteroatoms. The molecule has 0 saturated carbocycles. The smallest absolute Gasteiger partial charge is 0.256 e. The van der Waals surface area contributed by atoms with Crippen molar-refractivity contribution in [2.24, 2.45) is 0 Å². The van der Waals surface area contributed by atoms with Crippen LogP contribution in [-0.4, -0.2) is 39.7 Å². The van der Waals surface area contributed by atoms with Crippen molar-refractivity contribution in [3.63, 3.8) is 0 Å². The lowest BCUT2D eigenvalue weighted by molar-refractivity contribution is 0.451. The topological polar surface area (TPSA) is 121 Å². The maximum Gasteiger partial charge on any atom is 0.256 e. The predicted octanol–water partition coefficient (Wildman–Crippen LogP) is 4.16. The van der Waals surface area contributed by atoms with Crippen molar-refractivity contribution in [2.45, 2.75) is 43.4 Å². The molecule has 0 aromatic carbocycles. The zero-order valence-electron chi connectivity index (χ0n) is 16.6. The number of aromatic nitrogens is 2. The van der Waals surface area contributed by atoms with Crippen molar-refractivity contribution in [1.82, 2.24) is 13.1 Å². The summed E-state index contributed by atoms with van der Waals surface area (Å²) in [5.74, 6) is 1.77. The first kappa shape index (κ1) is 21.1. The Morgan fingerprint density at radius 2 is 2.00 bits per heavy atom. The first-order valence-electron chi connectivity index (χ1n) is 9.57. The molecule has 0 atom stereocenters. The van der Waals surface area contributed by atoms with Gasteiger partial charge in [-0.05, 0) is 30.4 Å². The molecule has 0 radical (unpaired) electrons. The standard InChI is InChI=1S/C18H23N5O4S3/c1-11(2)12-7-13(27-9-12)8-19-16-17(22-29-21-16)20-14-10-28-18(15(14)24)30(25,26)23-5-3-4-6-23/h7,9-11,24H,3-6,8H2,1-2H3,(H,19,21)(H,20,22). The molecule has 0 aliphatic carbocycles. The summed E-state index contributed by atoms with van der Waals surface area (Å²) >= 11 is 2.00. The van der Waals surface area contributed by atoms with Crippen LogP contribution in [0.15, 0.2) is 26.3 Å². The van der Waals surface area contributed by atoms with Crippen LogP contribution < -0.4 is 10.6 Å². The van der Waals surface area contributed by atoms with E-state index in [1.54, 1.807) is 11.6 Å². The summed E-state index contributed by atoms with van der Waals surface area (Å²) in [4.78, 5) is 0. The van der Waals surface area contributed by atoms with Gasteiger partial charge in [-0.25, -0.2) is 8.42 Å². The molecule has 30 heavy (non-hydrogen) atoms. The molecule has 0 spiro atoms. The maximum atomic E-state index is 12.7. The second kappa shape index (κ2) is 8.53. The van der Waals surface area contributed by atoms with Crippen LogP contribution in [0.2, 0.25) is 0 Å². The van der Waals surface area contributed by atoms with Crippen molar-refractivity contribution in [1.29, 1.82) is 0 Å². The number of hydrogen-bond acceptors (Lipinski definition) is 10. The van der Waals surface area contributed by atoms with Crippen LogP contribution >= 0.6 is 23.1 Å². The Morgan fingerprint density at radius 3 is 2.70 bits per heavy atom. The number of sulfonamides is 1. The van der Waals surface area contributed by atoms with Crippen molar-refractivity contribution < 1.29 is 17.9 Å². The fraction of sp³-hybridized carbons (Fsp3) is 0.444. The zero-order chi connectivity index (χ0) is 21.3. The lowest BCUT2D eigenvalue weighted by Crippen LogP contribution is -2.27. The third-order valence-electron chi connectivity index (χ3n) is 4.88. The largest absolute Gasteiger partial charge is 0.504 e. The fourth-order valence-electron chi connectivity index (χ4n) is 3.13. The second-order valence-corrected chi connectivity index (χ2v) is 10.9. The molecule has 0 bridgehead atoms. The molecule has 9 nitrogen and oxygen atoms in total. The quantitative estimate of drug-likeness (QED) is 0.450. The van der Waals surface area contributed by atoms with Crippen LogP contribution in [0.1, 0.15) is 43.9 Å². The Balaban J connectivity index is 1.47.